The van der Waals surface area contributed by atoms with E-state index in [-0.39, 0.29) is 11.3 Å². The van der Waals surface area contributed by atoms with Gasteiger partial charge in [-0.3, -0.25) is 9.89 Å². The second kappa shape index (κ2) is 3.76. The first-order valence-corrected chi connectivity index (χ1v) is 4.30. The van der Waals surface area contributed by atoms with Gasteiger partial charge in [-0.15, -0.1) is 6.42 Å². The van der Waals surface area contributed by atoms with Crippen molar-refractivity contribution in [1.29, 1.82) is 0 Å². The molecule has 0 aliphatic rings. The summed E-state index contributed by atoms with van der Waals surface area (Å²) in [5, 5.41) is 4.92. The predicted molar refractivity (Wildman–Crippen MR) is 55.9 cm³/mol. The molecule has 0 saturated heterocycles. The van der Waals surface area contributed by atoms with Gasteiger partial charge in [0.2, 0.25) is 5.75 Å². The summed E-state index contributed by atoms with van der Waals surface area (Å²) in [5.74, 6) is 3.29. The number of aromatic nitrogens is 2. The Morgan fingerprint density at radius 3 is 2.53 bits per heavy atom. The van der Waals surface area contributed by atoms with E-state index in [9.17, 15) is 4.79 Å². The number of rotatable bonds is 2. The molecule has 1 heterocycles. The third-order valence-corrected chi connectivity index (χ3v) is 1.86. The Bertz CT molecular complexity index is 543. The third-order valence-electron chi connectivity index (χ3n) is 1.86. The molecule has 0 atom stereocenters. The predicted octanol–water partition coefficient (Wildman–Crippen LogP) is 1.48. The summed E-state index contributed by atoms with van der Waals surface area (Å²) >= 11 is 0. The molecule has 0 saturated carbocycles. The second-order valence-electron chi connectivity index (χ2n) is 2.88. The van der Waals surface area contributed by atoms with Gasteiger partial charge in [-0.05, 0) is 24.3 Å². The highest BCUT2D eigenvalue weighted by atomic mass is 16.5. The van der Waals surface area contributed by atoms with E-state index >= 15 is 0 Å². The summed E-state index contributed by atoms with van der Waals surface area (Å²) in [4.78, 5) is 11.1. The molecule has 2 N–H and O–H groups in total. The molecule has 15 heavy (non-hydrogen) atoms. The molecule has 1 aromatic heterocycles. The summed E-state index contributed by atoms with van der Waals surface area (Å²) in [7, 11) is 0. The molecule has 0 radical (unpaired) electrons. The Labute approximate surface area is 85.9 Å². The van der Waals surface area contributed by atoms with E-state index in [1.807, 2.05) is 0 Å². The molecule has 0 amide bonds. The number of benzene rings is 1. The van der Waals surface area contributed by atoms with Crippen LogP contribution < -0.4 is 10.3 Å². The molecule has 0 fully saturated rings. The standard InChI is InChI=1S/C11H8N2O2/c1-2-8-3-5-9(6-4-8)15-10-7-12-13-11(10)14/h1,3-7H,(H2,12,13,14). The summed E-state index contributed by atoms with van der Waals surface area (Å²) in [6.07, 6.45) is 6.67. The molecule has 0 aliphatic carbocycles. The quantitative estimate of drug-likeness (QED) is 0.721. The minimum absolute atomic E-state index is 0.225. The molecule has 0 bridgehead atoms. The molecule has 0 unspecified atom stereocenters. The Morgan fingerprint density at radius 1 is 1.27 bits per heavy atom. The highest BCUT2D eigenvalue weighted by Crippen LogP contribution is 2.17. The van der Waals surface area contributed by atoms with E-state index in [0.717, 1.165) is 5.56 Å². The average Bonchev–Trinajstić information content (AvgIpc) is 2.66. The molecule has 0 spiro atoms. The summed E-state index contributed by atoms with van der Waals surface area (Å²) in [6, 6.07) is 6.91. The number of hydrogen-bond acceptors (Lipinski definition) is 2. The maximum Gasteiger partial charge on any atom is 0.306 e. The fourth-order valence-corrected chi connectivity index (χ4v) is 1.12. The maximum atomic E-state index is 11.1. The zero-order valence-electron chi connectivity index (χ0n) is 7.78. The van der Waals surface area contributed by atoms with Gasteiger partial charge < -0.3 is 9.84 Å². The highest BCUT2D eigenvalue weighted by molar-refractivity contribution is 5.38. The lowest BCUT2D eigenvalue weighted by Gasteiger charge is -2.00. The molecule has 1 aromatic carbocycles. The van der Waals surface area contributed by atoms with Gasteiger partial charge in [-0.25, -0.2) is 0 Å². The van der Waals surface area contributed by atoms with Gasteiger partial charge in [0, 0.05) is 5.56 Å². The zero-order chi connectivity index (χ0) is 10.7. The van der Waals surface area contributed by atoms with E-state index in [1.54, 1.807) is 24.3 Å². The van der Waals surface area contributed by atoms with Crippen LogP contribution in [0.1, 0.15) is 5.56 Å². The van der Waals surface area contributed by atoms with Crippen molar-refractivity contribution in [3.63, 3.8) is 0 Å². The zero-order valence-corrected chi connectivity index (χ0v) is 7.78. The van der Waals surface area contributed by atoms with E-state index in [4.69, 9.17) is 11.2 Å². The fraction of sp³-hybridized carbons (Fsp3) is 0. The first kappa shape index (κ1) is 9.16. The number of hydrogen-bond donors (Lipinski definition) is 2. The van der Waals surface area contributed by atoms with Crippen molar-refractivity contribution in [1.82, 2.24) is 10.2 Å². The van der Waals surface area contributed by atoms with Crippen LogP contribution in [0, 0.1) is 12.3 Å². The molecule has 2 aromatic rings. The summed E-state index contributed by atoms with van der Waals surface area (Å²) in [5.41, 5.74) is 0.473. The van der Waals surface area contributed by atoms with Gasteiger partial charge in [0.15, 0.2) is 0 Å². The third kappa shape index (κ3) is 1.92. The van der Waals surface area contributed by atoms with Crippen LogP contribution in [0.3, 0.4) is 0 Å². The van der Waals surface area contributed by atoms with E-state index in [1.165, 1.54) is 6.20 Å². The van der Waals surface area contributed by atoms with Crippen LogP contribution >= 0.6 is 0 Å². The topological polar surface area (TPSA) is 57.9 Å². The first-order valence-electron chi connectivity index (χ1n) is 4.30. The van der Waals surface area contributed by atoms with Crippen molar-refractivity contribution in [2.45, 2.75) is 0 Å². The maximum absolute atomic E-state index is 11.1. The van der Waals surface area contributed by atoms with Crippen molar-refractivity contribution in [2.75, 3.05) is 0 Å². The Balaban J connectivity index is 2.23. The van der Waals surface area contributed by atoms with Gasteiger partial charge >= 0.3 is 5.56 Å². The van der Waals surface area contributed by atoms with Crippen molar-refractivity contribution >= 4 is 0 Å². The highest BCUT2D eigenvalue weighted by Gasteiger charge is 2.02. The van der Waals surface area contributed by atoms with Crippen LogP contribution in [0.4, 0.5) is 0 Å². The number of aromatic amines is 2. The van der Waals surface area contributed by atoms with Gasteiger partial charge in [0.25, 0.3) is 0 Å². The molecule has 4 nitrogen and oxygen atoms in total. The Kier molecular flexibility index (Phi) is 2.30. The monoisotopic (exact) mass is 200 g/mol. The smallest absolute Gasteiger partial charge is 0.306 e. The Hall–Kier alpha value is -2.41. The van der Waals surface area contributed by atoms with Crippen LogP contribution in [0.5, 0.6) is 11.5 Å². The number of terminal acetylenes is 1. The molecular weight excluding hydrogens is 192 g/mol. The first-order chi connectivity index (χ1) is 7.29. The largest absolute Gasteiger partial charge is 0.450 e. The van der Waals surface area contributed by atoms with Crippen molar-refractivity contribution in [2.24, 2.45) is 0 Å². The van der Waals surface area contributed by atoms with Gasteiger partial charge in [-0.1, -0.05) is 5.92 Å². The minimum atomic E-state index is -0.295. The SMILES string of the molecule is C#Cc1ccc(Oc2c[nH][nH]c2=O)cc1. The van der Waals surface area contributed by atoms with Crippen LogP contribution in [0.2, 0.25) is 0 Å². The lowest BCUT2D eigenvalue weighted by atomic mass is 10.2. The van der Waals surface area contributed by atoms with Crippen LogP contribution in [-0.4, -0.2) is 10.2 Å². The summed E-state index contributed by atoms with van der Waals surface area (Å²) < 4.78 is 5.31. The second-order valence-corrected chi connectivity index (χ2v) is 2.88. The van der Waals surface area contributed by atoms with Crippen molar-refractivity contribution in [3.8, 4) is 23.8 Å². The van der Waals surface area contributed by atoms with Crippen LogP contribution in [-0.2, 0) is 0 Å². The normalized spacial score (nSPS) is 9.53. The van der Waals surface area contributed by atoms with E-state index in [2.05, 4.69) is 16.1 Å². The molecule has 74 valence electrons. The van der Waals surface area contributed by atoms with Crippen LogP contribution in [0.15, 0.2) is 35.3 Å². The molecule has 4 heteroatoms. The van der Waals surface area contributed by atoms with Gasteiger partial charge in [0.05, 0.1) is 6.20 Å². The molecular formula is C11H8N2O2. The molecule has 2 rings (SSSR count). The average molecular weight is 200 g/mol. The number of H-pyrrole nitrogens is 2. The number of nitrogens with one attached hydrogen (secondary N) is 2. The number of ether oxygens (including phenoxy) is 1. The van der Waals surface area contributed by atoms with Crippen molar-refractivity contribution in [3.05, 3.63) is 46.4 Å². The summed E-state index contributed by atoms with van der Waals surface area (Å²) in [6.45, 7) is 0. The lowest BCUT2D eigenvalue weighted by molar-refractivity contribution is 0.478. The fourth-order valence-electron chi connectivity index (χ4n) is 1.12. The van der Waals surface area contributed by atoms with Gasteiger partial charge in [0.1, 0.15) is 5.75 Å². The van der Waals surface area contributed by atoms with Crippen LogP contribution in [0.25, 0.3) is 0 Å². The minimum Gasteiger partial charge on any atom is -0.450 e. The lowest BCUT2D eigenvalue weighted by Crippen LogP contribution is -2.01. The van der Waals surface area contributed by atoms with Crippen molar-refractivity contribution < 1.29 is 4.74 Å². The van der Waals surface area contributed by atoms with E-state index < -0.39 is 0 Å². The molecule has 0 aliphatic heterocycles. The Morgan fingerprint density at radius 2 is 2.00 bits per heavy atom. The van der Waals surface area contributed by atoms with E-state index in [0.29, 0.717) is 5.75 Å². The van der Waals surface area contributed by atoms with Gasteiger partial charge in [-0.2, -0.15) is 0 Å².